The number of benzene rings is 1. The van der Waals surface area contributed by atoms with E-state index < -0.39 is 0 Å². The highest BCUT2D eigenvalue weighted by molar-refractivity contribution is 7.80. The van der Waals surface area contributed by atoms with Gasteiger partial charge in [0.2, 0.25) is 0 Å². The number of nitrogens with one attached hydrogen (secondary N) is 2. The Bertz CT molecular complexity index is 379. The van der Waals surface area contributed by atoms with Gasteiger partial charge >= 0.3 is 0 Å². The second kappa shape index (κ2) is 8.85. The minimum atomic E-state index is 0.654. The van der Waals surface area contributed by atoms with Crippen molar-refractivity contribution < 1.29 is 4.74 Å². The van der Waals surface area contributed by atoms with Gasteiger partial charge in [-0.05, 0) is 37.4 Å². The maximum Gasteiger partial charge on any atom is 0.166 e. The smallest absolute Gasteiger partial charge is 0.166 e. The van der Waals surface area contributed by atoms with Crippen molar-refractivity contribution in [3.05, 3.63) is 35.4 Å². The topological polar surface area (TPSA) is 36.5 Å². The fourth-order valence-electron chi connectivity index (χ4n) is 1.64. The molecule has 0 unspecified atom stereocenters. The summed E-state index contributed by atoms with van der Waals surface area (Å²) in [5.74, 6) is 0. The average Bonchev–Trinajstić information content (AvgIpc) is 2.37. The van der Waals surface area contributed by atoms with Crippen LogP contribution in [0.5, 0.6) is 0 Å². The third-order valence-corrected chi connectivity index (χ3v) is 2.86. The zero-order valence-electron chi connectivity index (χ0n) is 11.9. The van der Waals surface area contributed by atoms with Crippen LogP contribution in [-0.2, 0) is 17.8 Å². The Labute approximate surface area is 121 Å². The molecular formula is C14H23N3OS. The van der Waals surface area contributed by atoms with Crippen LogP contribution in [0.2, 0.25) is 0 Å². The van der Waals surface area contributed by atoms with Crippen molar-refractivity contribution in [2.75, 3.05) is 34.4 Å². The Balaban J connectivity index is 2.31. The number of ether oxygens (including phenoxy) is 1. The average molecular weight is 281 g/mol. The summed E-state index contributed by atoms with van der Waals surface area (Å²) in [5, 5.41) is 6.91. The van der Waals surface area contributed by atoms with Crippen LogP contribution in [0.1, 0.15) is 11.1 Å². The van der Waals surface area contributed by atoms with Crippen molar-refractivity contribution in [2.45, 2.75) is 13.1 Å². The lowest BCUT2D eigenvalue weighted by Gasteiger charge is -2.12. The van der Waals surface area contributed by atoms with Crippen molar-refractivity contribution in [2.24, 2.45) is 0 Å². The first-order chi connectivity index (χ1) is 9.11. The van der Waals surface area contributed by atoms with E-state index in [-0.39, 0.29) is 0 Å². The third kappa shape index (κ3) is 7.10. The minimum absolute atomic E-state index is 0.654. The first-order valence-electron chi connectivity index (χ1n) is 6.35. The zero-order chi connectivity index (χ0) is 14.1. The number of methoxy groups -OCH3 is 1. The molecule has 1 aromatic rings. The largest absolute Gasteiger partial charge is 0.383 e. The van der Waals surface area contributed by atoms with E-state index in [0.717, 1.165) is 19.6 Å². The Morgan fingerprint density at radius 3 is 2.37 bits per heavy atom. The number of hydrogen-bond donors (Lipinski definition) is 2. The predicted octanol–water partition coefficient (Wildman–Crippen LogP) is 1.36. The Morgan fingerprint density at radius 1 is 1.16 bits per heavy atom. The molecule has 0 amide bonds. The second-order valence-corrected chi connectivity index (χ2v) is 5.06. The maximum absolute atomic E-state index is 5.16. The van der Waals surface area contributed by atoms with Crippen LogP contribution in [0.3, 0.4) is 0 Å². The number of hydrogen-bond acceptors (Lipinski definition) is 3. The molecule has 0 saturated carbocycles. The standard InChI is InChI=1S/C14H23N3OS/c1-17(2)11-13-6-4-12(5-7-13)10-16-14(19)15-8-9-18-3/h4-7H,8-11H2,1-3H3,(H2,15,16,19). The molecule has 0 bridgehead atoms. The maximum atomic E-state index is 5.16. The van der Waals surface area contributed by atoms with E-state index in [1.165, 1.54) is 11.1 Å². The molecule has 2 N–H and O–H groups in total. The van der Waals surface area contributed by atoms with Gasteiger partial charge in [-0.25, -0.2) is 0 Å². The van der Waals surface area contributed by atoms with Crippen molar-refractivity contribution in [1.82, 2.24) is 15.5 Å². The van der Waals surface area contributed by atoms with Crippen molar-refractivity contribution in [3.8, 4) is 0 Å². The van der Waals surface area contributed by atoms with Gasteiger partial charge < -0.3 is 20.3 Å². The molecule has 0 aliphatic carbocycles. The van der Waals surface area contributed by atoms with E-state index in [4.69, 9.17) is 17.0 Å². The summed E-state index contributed by atoms with van der Waals surface area (Å²) in [6.07, 6.45) is 0. The SMILES string of the molecule is COCCNC(=S)NCc1ccc(CN(C)C)cc1. The molecule has 0 radical (unpaired) electrons. The molecule has 0 aromatic heterocycles. The lowest BCUT2D eigenvalue weighted by Crippen LogP contribution is -2.36. The molecule has 19 heavy (non-hydrogen) atoms. The minimum Gasteiger partial charge on any atom is -0.383 e. The molecule has 106 valence electrons. The summed E-state index contributed by atoms with van der Waals surface area (Å²) >= 11 is 5.16. The lowest BCUT2D eigenvalue weighted by atomic mass is 10.1. The highest BCUT2D eigenvalue weighted by atomic mass is 32.1. The van der Waals surface area contributed by atoms with Crippen LogP contribution < -0.4 is 10.6 Å². The molecule has 1 aromatic carbocycles. The molecule has 4 nitrogen and oxygen atoms in total. The molecule has 0 atom stereocenters. The van der Waals surface area contributed by atoms with E-state index in [9.17, 15) is 0 Å². The predicted molar refractivity (Wildman–Crippen MR) is 83.1 cm³/mol. The van der Waals surface area contributed by atoms with Crippen LogP contribution in [-0.4, -0.2) is 44.4 Å². The van der Waals surface area contributed by atoms with Crippen LogP contribution in [0.4, 0.5) is 0 Å². The molecule has 0 aliphatic rings. The fourth-order valence-corrected chi connectivity index (χ4v) is 1.81. The van der Waals surface area contributed by atoms with Crippen LogP contribution >= 0.6 is 12.2 Å². The van der Waals surface area contributed by atoms with Crippen LogP contribution in [0.25, 0.3) is 0 Å². The monoisotopic (exact) mass is 281 g/mol. The zero-order valence-corrected chi connectivity index (χ0v) is 12.7. The third-order valence-electron chi connectivity index (χ3n) is 2.57. The van der Waals surface area contributed by atoms with Gasteiger partial charge in [0.25, 0.3) is 0 Å². The van der Waals surface area contributed by atoms with Gasteiger partial charge in [-0.2, -0.15) is 0 Å². The highest BCUT2D eigenvalue weighted by Gasteiger charge is 1.98. The van der Waals surface area contributed by atoms with Gasteiger partial charge in [-0.1, -0.05) is 24.3 Å². The number of nitrogens with zero attached hydrogens (tertiary/aromatic N) is 1. The Kier molecular flexibility index (Phi) is 7.40. The van der Waals surface area contributed by atoms with Gasteiger partial charge in [-0.15, -0.1) is 0 Å². The Hall–Kier alpha value is -1.17. The van der Waals surface area contributed by atoms with E-state index in [1.807, 2.05) is 0 Å². The number of thiocarbonyl (C=S) groups is 1. The van der Waals surface area contributed by atoms with Crippen molar-refractivity contribution >= 4 is 17.3 Å². The summed E-state index contributed by atoms with van der Waals surface area (Å²) in [5.41, 5.74) is 2.54. The highest BCUT2D eigenvalue weighted by Crippen LogP contribution is 2.05. The molecule has 1 rings (SSSR count). The quantitative estimate of drug-likeness (QED) is 0.583. The van der Waals surface area contributed by atoms with E-state index in [2.05, 4.69) is 53.9 Å². The normalized spacial score (nSPS) is 10.5. The van der Waals surface area contributed by atoms with Crippen molar-refractivity contribution in [3.63, 3.8) is 0 Å². The van der Waals surface area contributed by atoms with Gasteiger partial charge in [0, 0.05) is 26.7 Å². The van der Waals surface area contributed by atoms with Crippen LogP contribution in [0, 0.1) is 0 Å². The molecule has 5 heteroatoms. The van der Waals surface area contributed by atoms with Crippen LogP contribution in [0.15, 0.2) is 24.3 Å². The molecule has 0 aliphatic heterocycles. The molecular weight excluding hydrogens is 258 g/mol. The number of rotatable bonds is 7. The fraction of sp³-hybridized carbons (Fsp3) is 0.500. The summed E-state index contributed by atoms with van der Waals surface area (Å²) in [4.78, 5) is 2.15. The summed E-state index contributed by atoms with van der Waals surface area (Å²) < 4.78 is 4.95. The first kappa shape index (κ1) is 15.9. The lowest BCUT2D eigenvalue weighted by molar-refractivity contribution is 0.204. The molecule has 0 fully saturated rings. The summed E-state index contributed by atoms with van der Waals surface area (Å²) in [6.45, 7) is 3.08. The second-order valence-electron chi connectivity index (χ2n) is 4.66. The van der Waals surface area contributed by atoms with E-state index in [0.29, 0.717) is 11.7 Å². The van der Waals surface area contributed by atoms with Gasteiger partial charge in [-0.3, -0.25) is 0 Å². The molecule has 0 heterocycles. The van der Waals surface area contributed by atoms with Gasteiger partial charge in [0.1, 0.15) is 0 Å². The van der Waals surface area contributed by atoms with Crippen molar-refractivity contribution in [1.29, 1.82) is 0 Å². The van der Waals surface area contributed by atoms with E-state index >= 15 is 0 Å². The first-order valence-corrected chi connectivity index (χ1v) is 6.76. The Morgan fingerprint density at radius 2 is 1.79 bits per heavy atom. The summed E-state index contributed by atoms with van der Waals surface area (Å²) in [7, 11) is 5.81. The molecule has 0 spiro atoms. The van der Waals surface area contributed by atoms with Gasteiger partial charge in [0.15, 0.2) is 5.11 Å². The van der Waals surface area contributed by atoms with E-state index in [1.54, 1.807) is 7.11 Å². The molecule has 0 saturated heterocycles. The van der Waals surface area contributed by atoms with Gasteiger partial charge in [0.05, 0.1) is 6.61 Å². The summed E-state index contributed by atoms with van der Waals surface area (Å²) in [6, 6.07) is 8.56.